The molecule has 28 heavy (non-hydrogen) atoms. The summed E-state index contributed by atoms with van der Waals surface area (Å²) < 4.78 is 7.78. The van der Waals surface area contributed by atoms with Gasteiger partial charge in [0, 0.05) is 43.4 Å². The van der Waals surface area contributed by atoms with Crippen LogP contribution in [-0.4, -0.2) is 41.5 Å². The Morgan fingerprint density at radius 2 is 2.18 bits per heavy atom. The van der Waals surface area contributed by atoms with Gasteiger partial charge in [-0.05, 0) is 37.1 Å². The predicted octanol–water partition coefficient (Wildman–Crippen LogP) is 3.53. The number of aromatic nitrogens is 2. The van der Waals surface area contributed by atoms with Crippen molar-refractivity contribution >= 4 is 29.9 Å². The summed E-state index contributed by atoms with van der Waals surface area (Å²) in [5.74, 6) is 1.42. The van der Waals surface area contributed by atoms with Crippen LogP contribution in [0.3, 0.4) is 0 Å². The summed E-state index contributed by atoms with van der Waals surface area (Å²) in [7, 11) is 1.83. The van der Waals surface area contributed by atoms with E-state index in [1.807, 2.05) is 24.0 Å². The number of ether oxygens (including phenoxy) is 1. The second-order valence-electron chi connectivity index (χ2n) is 8.17. The molecule has 0 bridgehead atoms. The van der Waals surface area contributed by atoms with Crippen LogP contribution in [0.2, 0.25) is 0 Å². The first-order valence-corrected chi connectivity index (χ1v) is 9.72. The van der Waals surface area contributed by atoms with Crippen LogP contribution in [-0.2, 0) is 4.74 Å². The summed E-state index contributed by atoms with van der Waals surface area (Å²) in [5, 5.41) is 11.5. The number of guanidine groups is 1. The van der Waals surface area contributed by atoms with Gasteiger partial charge < -0.3 is 15.4 Å². The predicted molar refractivity (Wildman–Crippen MR) is 122 cm³/mol. The van der Waals surface area contributed by atoms with Crippen molar-refractivity contribution in [3.63, 3.8) is 0 Å². The van der Waals surface area contributed by atoms with E-state index in [0.717, 1.165) is 24.7 Å². The number of halogens is 1. The minimum atomic E-state index is 0. The Hall–Kier alpha value is -1.61. The van der Waals surface area contributed by atoms with Crippen LogP contribution in [0, 0.1) is 11.3 Å². The van der Waals surface area contributed by atoms with Gasteiger partial charge in [-0.2, -0.15) is 5.10 Å². The van der Waals surface area contributed by atoms with Crippen LogP contribution in [0.4, 0.5) is 0 Å². The van der Waals surface area contributed by atoms with Crippen molar-refractivity contribution < 1.29 is 4.74 Å². The van der Waals surface area contributed by atoms with Gasteiger partial charge in [0.1, 0.15) is 0 Å². The van der Waals surface area contributed by atoms with Gasteiger partial charge in [-0.15, -0.1) is 24.0 Å². The van der Waals surface area contributed by atoms with E-state index in [1.165, 1.54) is 5.56 Å². The number of aliphatic imine (C=N–C) groups is 1. The Kier molecular flexibility index (Phi) is 6.34. The monoisotopic (exact) mass is 495 g/mol. The average Bonchev–Trinajstić information content (AvgIpc) is 3.35. The number of benzene rings is 1. The first kappa shape index (κ1) is 21.1. The molecule has 4 rings (SSSR count). The van der Waals surface area contributed by atoms with Gasteiger partial charge in [0.2, 0.25) is 0 Å². The van der Waals surface area contributed by atoms with Crippen LogP contribution in [0.1, 0.15) is 38.8 Å². The average molecular weight is 495 g/mol. The van der Waals surface area contributed by atoms with Gasteiger partial charge in [0.15, 0.2) is 5.96 Å². The molecule has 2 aliphatic rings. The third-order valence-electron chi connectivity index (χ3n) is 6.11. The number of nitrogens with zero attached hydrogens (tertiary/aromatic N) is 3. The fourth-order valence-corrected chi connectivity index (χ4v) is 4.58. The van der Waals surface area contributed by atoms with Gasteiger partial charge in [-0.25, -0.2) is 4.68 Å². The minimum Gasteiger partial charge on any atom is -0.377 e. The molecule has 6 nitrogen and oxygen atoms in total. The SMILES string of the molecule is CN=C(NC(C)c1cccc(-n2cccn2)c1)NC1C2CCOC2C1(C)C.I. The molecule has 1 saturated carbocycles. The van der Waals surface area contributed by atoms with E-state index in [9.17, 15) is 0 Å². The van der Waals surface area contributed by atoms with Crippen molar-refractivity contribution in [2.45, 2.75) is 45.4 Å². The second-order valence-corrected chi connectivity index (χ2v) is 8.17. The summed E-state index contributed by atoms with van der Waals surface area (Å²) in [5.41, 5.74) is 2.38. The highest BCUT2D eigenvalue weighted by Gasteiger charge is 2.59. The molecule has 1 aromatic carbocycles. The third kappa shape index (κ3) is 3.78. The Labute approximate surface area is 184 Å². The quantitative estimate of drug-likeness (QED) is 0.387. The number of nitrogens with one attached hydrogen (secondary N) is 2. The molecule has 1 aliphatic heterocycles. The van der Waals surface area contributed by atoms with Crippen molar-refractivity contribution in [2.75, 3.05) is 13.7 Å². The summed E-state index contributed by atoms with van der Waals surface area (Å²) >= 11 is 0. The van der Waals surface area contributed by atoms with Crippen LogP contribution >= 0.6 is 24.0 Å². The van der Waals surface area contributed by atoms with E-state index < -0.39 is 0 Å². The summed E-state index contributed by atoms with van der Waals surface area (Å²) in [6.07, 6.45) is 5.25. The maximum absolute atomic E-state index is 5.90. The van der Waals surface area contributed by atoms with Crippen LogP contribution in [0.25, 0.3) is 5.69 Å². The van der Waals surface area contributed by atoms with Gasteiger partial charge in [0.05, 0.1) is 17.8 Å². The molecule has 2 heterocycles. The maximum Gasteiger partial charge on any atom is 0.191 e. The van der Waals surface area contributed by atoms with Crippen molar-refractivity contribution in [3.05, 3.63) is 48.3 Å². The molecule has 4 atom stereocenters. The first-order chi connectivity index (χ1) is 13.0. The first-order valence-electron chi connectivity index (χ1n) is 9.72. The minimum absolute atomic E-state index is 0. The van der Waals surface area contributed by atoms with Gasteiger partial charge >= 0.3 is 0 Å². The van der Waals surface area contributed by atoms with Crippen LogP contribution in [0.15, 0.2) is 47.7 Å². The Morgan fingerprint density at radius 3 is 2.89 bits per heavy atom. The number of rotatable bonds is 4. The van der Waals surface area contributed by atoms with E-state index in [-0.39, 0.29) is 35.4 Å². The summed E-state index contributed by atoms with van der Waals surface area (Å²) in [4.78, 5) is 4.46. The van der Waals surface area contributed by atoms with E-state index in [1.54, 1.807) is 6.20 Å². The van der Waals surface area contributed by atoms with E-state index in [2.05, 4.69) is 65.8 Å². The Morgan fingerprint density at radius 1 is 1.36 bits per heavy atom. The lowest BCUT2D eigenvalue weighted by atomic mass is 9.57. The lowest BCUT2D eigenvalue weighted by molar-refractivity contribution is -0.106. The molecule has 1 aliphatic carbocycles. The van der Waals surface area contributed by atoms with Crippen molar-refractivity contribution in [2.24, 2.45) is 16.3 Å². The molecule has 152 valence electrons. The fourth-order valence-electron chi connectivity index (χ4n) is 4.58. The number of hydrogen-bond acceptors (Lipinski definition) is 3. The molecule has 1 saturated heterocycles. The molecule has 2 fully saturated rings. The highest BCUT2D eigenvalue weighted by molar-refractivity contribution is 14.0. The highest BCUT2D eigenvalue weighted by Crippen LogP contribution is 2.52. The molecule has 0 radical (unpaired) electrons. The zero-order valence-corrected chi connectivity index (χ0v) is 19.3. The number of hydrogen-bond donors (Lipinski definition) is 2. The van der Waals surface area contributed by atoms with E-state index in [0.29, 0.717) is 18.1 Å². The lowest BCUT2D eigenvalue weighted by Crippen LogP contribution is -2.68. The number of fused-ring (bicyclic) bond motifs is 1. The summed E-state index contributed by atoms with van der Waals surface area (Å²) in [6.45, 7) is 7.59. The fraction of sp³-hybridized carbons (Fsp3) is 0.524. The molecular weight excluding hydrogens is 465 g/mol. The Bertz CT molecular complexity index is 820. The molecular formula is C21H30IN5O. The van der Waals surface area contributed by atoms with Crippen molar-refractivity contribution in [3.8, 4) is 5.69 Å². The van der Waals surface area contributed by atoms with E-state index in [4.69, 9.17) is 4.74 Å². The lowest BCUT2D eigenvalue weighted by Gasteiger charge is -2.55. The van der Waals surface area contributed by atoms with Gasteiger partial charge in [-0.1, -0.05) is 26.0 Å². The van der Waals surface area contributed by atoms with E-state index >= 15 is 0 Å². The zero-order valence-electron chi connectivity index (χ0n) is 16.9. The molecule has 0 spiro atoms. The second kappa shape index (κ2) is 8.41. The van der Waals surface area contributed by atoms with Gasteiger partial charge in [0.25, 0.3) is 0 Å². The third-order valence-corrected chi connectivity index (χ3v) is 6.11. The van der Waals surface area contributed by atoms with Crippen molar-refractivity contribution in [1.29, 1.82) is 0 Å². The van der Waals surface area contributed by atoms with Crippen molar-refractivity contribution in [1.82, 2.24) is 20.4 Å². The standard InChI is InChI=1S/C21H29N5O.HI/c1-14(15-7-5-8-16(13-15)26-11-6-10-23-26)24-20(22-4)25-18-17-9-12-27-19(17)21(18,2)3;/h5-8,10-11,13-14,17-19H,9,12H2,1-4H3,(H2,22,24,25);1H. The highest BCUT2D eigenvalue weighted by atomic mass is 127. The molecule has 1 aromatic heterocycles. The van der Waals surface area contributed by atoms with Crippen LogP contribution < -0.4 is 10.6 Å². The molecule has 0 amide bonds. The van der Waals surface area contributed by atoms with Crippen LogP contribution in [0.5, 0.6) is 0 Å². The largest absolute Gasteiger partial charge is 0.377 e. The zero-order chi connectivity index (χ0) is 19.0. The molecule has 2 aromatic rings. The Balaban J connectivity index is 0.00000225. The normalized spacial score (nSPS) is 26.6. The summed E-state index contributed by atoms with van der Waals surface area (Å²) in [6, 6.07) is 10.9. The molecule has 4 unspecified atom stereocenters. The smallest absolute Gasteiger partial charge is 0.191 e. The van der Waals surface area contributed by atoms with Gasteiger partial charge in [-0.3, -0.25) is 4.99 Å². The molecule has 2 N–H and O–H groups in total. The molecule has 7 heteroatoms. The maximum atomic E-state index is 5.90. The topological polar surface area (TPSA) is 63.5 Å².